The van der Waals surface area contributed by atoms with E-state index in [9.17, 15) is 4.79 Å². The summed E-state index contributed by atoms with van der Waals surface area (Å²) < 4.78 is 27.5. The number of cyclic esters (lactones) is 1. The van der Waals surface area contributed by atoms with E-state index in [0.717, 1.165) is 28.2 Å². The summed E-state index contributed by atoms with van der Waals surface area (Å²) in [6, 6.07) is 18.8. The van der Waals surface area contributed by atoms with Gasteiger partial charge >= 0.3 is 5.97 Å². The van der Waals surface area contributed by atoms with Gasteiger partial charge in [-0.1, -0.05) is 24.3 Å². The van der Waals surface area contributed by atoms with Crippen molar-refractivity contribution in [3.05, 3.63) is 82.9 Å². The number of hydrogen-bond acceptors (Lipinski definition) is 6. The number of carbonyl (C=O) groups is 1. The predicted molar refractivity (Wildman–Crippen MR) is 110 cm³/mol. The predicted octanol–water partition coefficient (Wildman–Crippen LogP) is 4.53. The van der Waals surface area contributed by atoms with Gasteiger partial charge in [0.25, 0.3) is 0 Å². The average molecular weight is 406 g/mol. The van der Waals surface area contributed by atoms with Crippen LogP contribution in [0.25, 0.3) is 0 Å². The molecule has 1 heterocycles. The van der Waals surface area contributed by atoms with Gasteiger partial charge in [0.15, 0.2) is 11.5 Å². The van der Waals surface area contributed by atoms with Crippen LogP contribution in [0.5, 0.6) is 23.0 Å². The van der Waals surface area contributed by atoms with Crippen LogP contribution >= 0.6 is 0 Å². The van der Waals surface area contributed by atoms with Crippen molar-refractivity contribution < 1.29 is 28.5 Å². The second-order valence-electron chi connectivity index (χ2n) is 6.81. The first-order chi connectivity index (χ1) is 14.7. The van der Waals surface area contributed by atoms with Crippen LogP contribution in [0.3, 0.4) is 0 Å². The molecule has 4 rings (SSSR count). The number of carbonyl (C=O) groups excluding carboxylic acids is 1. The van der Waals surface area contributed by atoms with Gasteiger partial charge in [0.2, 0.25) is 0 Å². The zero-order valence-corrected chi connectivity index (χ0v) is 16.8. The maximum absolute atomic E-state index is 12.0. The summed E-state index contributed by atoms with van der Waals surface area (Å²) in [6.07, 6.45) is 0. The van der Waals surface area contributed by atoms with Gasteiger partial charge in [-0.25, -0.2) is 4.79 Å². The topological polar surface area (TPSA) is 63.2 Å². The highest BCUT2D eigenvalue weighted by atomic mass is 16.5. The van der Waals surface area contributed by atoms with Crippen LogP contribution in [0.4, 0.5) is 0 Å². The zero-order chi connectivity index (χ0) is 20.9. The second kappa shape index (κ2) is 8.78. The fraction of sp³-hybridized carbons (Fsp3) is 0.208. The standard InChI is InChI=1S/C24H22O6/c1-26-19-7-3-16(4-8-19)13-28-22-11-18-15-30-24(25)21(18)12-23(22)29-14-17-5-9-20(27-2)10-6-17/h3-12H,13-15H2,1-2H3. The fourth-order valence-corrected chi connectivity index (χ4v) is 3.12. The molecule has 0 aliphatic carbocycles. The summed E-state index contributed by atoms with van der Waals surface area (Å²) in [6.45, 7) is 0.930. The first-order valence-electron chi connectivity index (χ1n) is 9.52. The van der Waals surface area contributed by atoms with Crippen LogP contribution < -0.4 is 18.9 Å². The first-order valence-corrected chi connectivity index (χ1v) is 9.52. The Hall–Kier alpha value is -3.67. The number of benzene rings is 3. The van der Waals surface area contributed by atoms with Gasteiger partial charge in [0.05, 0.1) is 19.8 Å². The Kier molecular flexibility index (Phi) is 5.75. The van der Waals surface area contributed by atoms with Crippen molar-refractivity contribution in [1.82, 2.24) is 0 Å². The van der Waals surface area contributed by atoms with Crippen molar-refractivity contribution >= 4 is 5.97 Å². The molecule has 0 amide bonds. The van der Waals surface area contributed by atoms with E-state index in [-0.39, 0.29) is 12.6 Å². The molecular formula is C24H22O6. The van der Waals surface area contributed by atoms with E-state index in [1.807, 2.05) is 54.6 Å². The Morgan fingerprint density at radius 1 is 0.767 bits per heavy atom. The van der Waals surface area contributed by atoms with Crippen LogP contribution in [0.2, 0.25) is 0 Å². The quantitative estimate of drug-likeness (QED) is 0.512. The molecule has 0 fully saturated rings. The summed E-state index contributed by atoms with van der Waals surface area (Å²) in [7, 11) is 3.26. The molecule has 1 aliphatic heterocycles. The number of esters is 1. The highest BCUT2D eigenvalue weighted by Crippen LogP contribution is 2.35. The highest BCUT2D eigenvalue weighted by molar-refractivity contribution is 5.94. The number of ether oxygens (including phenoxy) is 5. The molecule has 0 atom stereocenters. The molecule has 0 saturated carbocycles. The lowest BCUT2D eigenvalue weighted by Crippen LogP contribution is -2.03. The Morgan fingerprint density at radius 2 is 1.27 bits per heavy atom. The maximum atomic E-state index is 12.0. The lowest BCUT2D eigenvalue weighted by Gasteiger charge is -2.14. The minimum Gasteiger partial charge on any atom is -0.497 e. The molecule has 30 heavy (non-hydrogen) atoms. The van der Waals surface area contributed by atoms with E-state index in [4.69, 9.17) is 23.7 Å². The molecule has 6 heteroatoms. The van der Waals surface area contributed by atoms with Crippen LogP contribution in [-0.4, -0.2) is 20.2 Å². The van der Waals surface area contributed by atoms with Gasteiger partial charge in [0, 0.05) is 5.56 Å². The van der Waals surface area contributed by atoms with Crippen LogP contribution in [0.15, 0.2) is 60.7 Å². The Labute approximate surface area is 174 Å². The normalized spacial score (nSPS) is 12.1. The fourth-order valence-electron chi connectivity index (χ4n) is 3.12. The maximum Gasteiger partial charge on any atom is 0.339 e. The largest absolute Gasteiger partial charge is 0.497 e. The summed E-state index contributed by atoms with van der Waals surface area (Å²) >= 11 is 0. The summed E-state index contributed by atoms with van der Waals surface area (Å²) in [5.41, 5.74) is 3.27. The lowest BCUT2D eigenvalue weighted by atomic mass is 10.1. The monoisotopic (exact) mass is 406 g/mol. The average Bonchev–Trinajstić information content (AvgIpc) is 3.16. The zero-order valence-electron chi connectivity index (χ0n) is 16.8. The molecule has 0 spiro atoms. The Balaban J connectivity index is 1.52. The van der Waals surface area contributed by atoms with Crippen molar-refractivity contribution in [3.63, 3.8) is 0 Å². The van der Waals surface area contributed by atoms with Gasteiger partial charge in [0.1, 0.15) is 31.3 Å². The van der Waals surface area contributed by atoms with E-state index in [2.05, 4.69) is 0 Å². The highest BCUT2D eigenvalue weighted by Gasteiger charge is 2.24. The molecule has 0 aromatic heterocycles. The van der Waals surface area contributed by atoms with Gasteiger partial charge in [-0.2, -0.15) is 0 Å². The third kappa shape index (κ3) is 4.33. The van der Waals surface area contributed by atoms with Crippen molar-refractivity contribution in [1.29, 1.82) is 0 Å². The molecule has 0 unspecified atom stereocenters. The molecule has 6 nitrogen and oxygen atoms in total. The van der Waals surface area contributed by atoms with Gasteiger partial charge in [-0.05, 0) is 47.5 Å². The smallest absolute Gasteiger partial charge is 0.339 e. The summed E-state index contributed by atoms with van der Waals surface area (Å²) in [4.78, 5) is 12.0. The molecule has 0 bridgehead atoms. The van der Waals surface area contributed by atoms with E-state index in [1.165, 1.54) is 0 Å². The second-order valence-corrected chi connectivity index (χ2v) is 6.81. The number of fused-ring (bicyclic) bond motifs is 1. The molecule has 0 saturated heterocycles. The molecular weight excluding hydrogens is 384 g/mol. The summed E-state index contributed by atoms with van der Waals surface area (Å²) in [5, 5.41) is 0. The number of rotatable bonds is 8. The Morgan fingerprint density at radius 3 is 1.77 bits per heavy atom. The van der Waals surface area contributed by atoms with Crippen molar-refractivity contribution in [2.24, 2.45) is 0 Å². The number of methoxy groups -OCH3 is 2. The first kappa shape index (κ1) is 19.6. The van der Waals surface area contributed by atoms with Gasteiger partial charge < -0.3 is 23.7 Å². The van der Waals surface area contributed by atoms with Crippen LogP contribution in [-0.2, 0) is 24.6 Å². The van der Waals surface area contributed by atoms with Crippen LogP contribution in [0, 0.1) is 0 Å². The van der Waals surface area contributed by atoms with Crippen molar-refractivity contribution in [3.8, 4) is 23.0 Å². The SMILES string of the molecule is COc1ccc(COc2cc3c(cc2OCc2ccc(OC)cc2)C(=O)OC3)cc1. The lowest BCUT2D eigenvalue weighted by molar-refractivity contribution is 0.0535. The van der Waals surface area contributed by atoms with E-state index < -0.39 is 0 Å². The number of hydrogen-bond donors (Lipinski definition) is 0. The third-order valence-electron chi connectivity index (χ3n) is 4.86. The van der Waals surface area contributed by atoms with Gasteiger partial charge in [-0.3, -0.25) is 0 Å². The minimum absolute atomic E-state index is 0.242. The summed E-state index contributed by atoms with van der Waals surface area (Å²) in [5.74, 6) is 2.28. The van der Waals surface area contributed by atoms with Crippen molar-refractivity contribution in [2.75, 3.05) is 14.2 Å². The van der Waals surface area contributed by atoms with Crippen LogP contribution in [0.1, 0.15) is 27.0 Å². The van der Waals surface area contributed by atoms with E-state index in [1.54, 1.807) is 20.3 Å². The molecule has 154 valence electrons. The van der Waals surface area contributed by atoms with E-state index in [0.29, 0.717) is 30.3 Å². The molecule has 3 aromatic carbocycles. The van der Waals surface area contributed by atoms with Gasteiger partial charge in [-0.15, -0.1) is 0 Å². The van der Waals surface area contributed by atoms with E-state index >= 15 is 0 Å². The molecule has 0 radical (unpaired) electrons. The minimum atomic E-state index is -0.346. The molecule has 0 N–H and O–H groups in total. The molecule has 3 aromatic rings. The molecule has 1 aliphatic rings. The third-order valence-corrected chi connectivity index (χ3v) is 4.86. The Bertz CT molecular complexity index is 1020. The van der Waals surface area contributed by atoms with Crippen molar-refractivity contribution in [2.45, 2.75) is 19.8 Å².